The molecule has 0 bridgehead atoms. The minimum Gasteiger partial charge on any atom is -0.497 e. The van der Waals surface area contributed by atoms with E-state index in [2.05, 4.69) is 0 Å². The van der Waals surface area contributed by atoms with E-state index in [1.807, 2.05) is 0 Å². The molecule has 0 radical (unpaired) electrons. The first-order chi connectivity index (χ1) is 7.13. The van der Waals surface area contributed by atoms with Crippen LogP contribution in [0.15, 0.2) is 12.1 Å². The Kier molecular flexibility index (Phi) is 3.88. The molecular formula is C10H14FNO3. The van der Waals surface area contributed by atoms with E-state index >= 15 is 0 Å². The number of hydrogen-bond acceptors (Lipinski definition) is 4. The van der Waals surface area contributed by atoms with Crippen molar-refractivity contribution in [1.82, 2.24) is 0 Å². The minimum absolute atomic E-state index is 0.0493. The highest BCUT2D eigenvalue weighted by molar-refractivity contribution is 5.41. The van der Waals surface area contributed by atoms with Crippen molar-refractivity contribution in [3.05, 3.63) is 23.5 Å². The van der Waals surface area contributed by atoms with E-state index in [0.717, 1.165) is 0 Å². The summed E-state index contributed by atoms with van der Waals surface area (Å²) in [6.45, 7) is -0.340. The molecule has 1 rings (SSSR count). The van der Waals surface area contributed by atoms with Crippen molar-refractivity contribution in [2.45, 2.75) is 6.04 Å². The van der Waals surface area contributed by atoms with Gasteiger partial charge in [-0.3, -0.25) is 0 Å². The zero-order chi connectivity index (χ0) is 11.4. The standard InChI is InChI=1S/C10H14FNO3/c1-14-6-3-7(8(12)5-13)10(11)9(4-6)15-2/h3-4,8,13H,5,12H2,1-2H3. The van der Waals surface area contributed by atoms with E-state index in [-0.39, 0.29) is 17.9 Å². The molecule has 0 saturated carbocycles. The molecule has 0 aliphatic carbocycles. The van der Waals surface area contributed by atoms with Crippen molar-refractivity contribution in [3.8, 4) is 11.5 Å². The van der Waals surface area contributed by atoms with Crippen LogP contribution in [0.25, 0.3) is 0 Å². The minimum atomic E-state index is -0.783. The Labute approximate surface area is 87.4 Å². The van der Waals surface area contributed by atoms with Gasteiger partial charge in [0.15, 0.2) is 11.6 Å². The zero-order valence-electron chi connectivity index (χ0n) is 8.66. The molecule has 0 aromatic heterocycles. The van der Waals surface area contributed by atoms with Gasteiger partial charge >= 0.3 is 0 Å². The van der Waals surface area contributed by atoms with Crippen LogP contribution in [-0.4, -0.2) is 25.9 Å². The number of hydrogen-bond donors (Lipinski definition) is 2. The summed E-state index contributed by atoms with van der Waals surface area (Å²) < 4.78 is 23.4. The summed E-state index contributed by atoms with van der Waals surface area (Å²) in [5.41, 5.74) is 5.72. The SMILES string of the molecule is COc1cc(OC)c(F)c(C(N)CO)c1. The summed E-state index contributed by atoms with van der Waals surface area (Å²) >= 11 is 0. The van der Waals surface area contributed by atoms with E-state index in [9.17, 15) is 4.39 Å². The molecule has 1 unspecified atom stereocenters. The van der Waals surface area contributed by atoms with Gasteiger partial charge in [0.2, 0.25) is 0 Å². The third-order valence-corrected chi connectivity index (χ3v) is 2.09. The van der Waals surface area contributed by atoms with Gasteiger partial charge in [-0.25, -0.2) is 4.39 Å². The van der Waals surface area contributed by atoms with Crippen molar-refractivity contribution in [2.24, 2.45) is 5.73 Å². The van der Waals surface area contributed by atoms with E-state index < -0.39 is 11.9 Å². The number of rotatable bonds is 4. The molecular weight excluding hydrogens is 201 g/mol. The molecule has 3 N–H and O–H groups in total. The van der Waals surface area contributed by atoms with Gasteiger partial charge < -0.3 is 20.3 Å². The Bertz CT molecular complexity index is 344. The fourth-order valence-corrected chi connectivity index (χ4v) is 1.23. The van der Waals surface area contributed by atoms with Gasteiger partial charge in [-0.2, -0.15) is 0 Å². The Morgan fingerprint density at radius 3 is 2.53 bits per heavy atom. The predicted octanol–water partition coefficient (Wildman–Crippen LogP) is 0.835. The number of halogens is 1. The van der Waals surface area contributed by atoms with Crippen LogP contribution in [0.5, 0.6) is 11.5 Å². The second kappa shape index (κ2) is 4.95. The van der Waals surface area contributed by atoms with Gasteiger partial charge in [-0.05, 0) is 6.07 Å². The lowest BCUT2D eigenvalue weighted by molar-refractivity contribution is 0.263. The van der Waals surface area contributed by atoms with Crippen molar-refractivity contribution in [3.63, 3.8) is 0 Å². The maximum Gasteiger partial charge on any atom is 0.170 e. The lowest BCUT2D eigenvalue weighted by atomic mass is 10.1. The van der Waals surface area contributed by atoms with Crippen LogP contribution >= 0.6 is 0 Å². The van der Waals surface area contributed by atoms with Crippen molar-refractivity contribution >= 4 is 0 Å². The van der Waals surface area contributed by atoms with Crippen molar-refractivity contribution in [2.75, 3.05) is 20.8 Å². The average molecular weight is 215 g/mol. The summed E-state index contributed by atoms with van der Waals surface area (Å²) in [4.78, 5) is 0. The van der Waals surface area contributed by atoms with Crippen LogP contribution in [0.1, 0.15) is 11.6 Å². The highest BCUT2D eigenvalue weighted by atomic mass is 19.1. The third-order valence-electron chi connectivity index (χ3n) is 2.09. The van der Waals surface area contributed by atoms with Crippen LogP contribution in [0, 0.1) is 5.82 Å². The molecule has 1 atom stereocenters. The molecule has 0 aliphatic rings. The largest absolute Gasteiger partial charge is 0.497 e. The summed E-state index contributed by atoms with van der Waals surface area (Å²) in [7, 11) is 2.81. The highest BCUT2D eigenvalue weighted by Crippen LogP contribution is 2.29. The first-order valence-electron chi connectivity index (χ1n) is 4.41. The maximum atomic E-state index is 13.7. The van der Waals surface area contributed by atoms with Gasteiger partial charge in [0, 0.05) is 11.6 Å². The molecule has 84 valence electrons. The fourth-order valence-electron chi connectivity index (χ4n) is 1.23. The molecule has 0 amide bonds. The molecule has 0 heterocycles. The Balaban J connectivity index is 3.23. The van der Waals surface area contributed by atoms with E-state index in [1.54, 1.807) is 0 Å². The molecule has 5 heteroatoms. The Morgan fingerprint density at radius 1 is 1.40 bits per heavy atom. The second-order valence-corrected chi connectivity index (χ2v) is 3.02. The number of aliphatic hydroxyl groups is 1. The van der Waals surface area contributed by atoms with Crippen molar-refractivity contribution in [1.29, 1.82) is 0 Å². The van der Waals surface area contributed by atoms with Crippen LogP contribution in [-0.2, 0) is 0 Å². The van der Waals surface area contributed by atoms with Crippen molar-refractivity contribution < 1.29 is 19.0 Å². The van der Waals surface area contributed by atoms with E-state index in [0.29, 0.717) is 5.75 Å². The van der Waals surface area contributed by atoms with Gasteiger partial charge in [-0.1, -0.05) is 0 Å². The van der Waals surface area contributed by atoms with Gasteiger partial charge in [0.25, 0.3) is 0 Å². The van der Waals surface area contributed by atoms with Crippen LogP contribution in [0.4, 0.5) is 4.39 Å². The summed E-state index contributed by atoms with van der Waals surface area (Å²) in [6, 6.07) is 2.08. The summed E-state index contributed by atoms with van der Waals surface area (Å²) in [5.74, 6) is -0.0831. The van der Waals surface area contributed by atoms with Gasteiger partial charge in [-0.15, -0.1) is 0 Å². The normalized spacial score (nSPS) is 12.3. The zero-order valence-corrected chi connectivity index (χ0v) is 8.66. The average Bonchev–Trinajstić information content (AvgIpc) is 2.28. The molecule has 4 nitrogen and oxygen atoms in total. The van der Waals surface area contributed by atoms with Gasteiger partial charge in [0.1, 0.15) is 5.75 Å². The fraction of sp³-hybridized carbons (Fsp3) is 0.400. The summed E-state index contributed by atoms with van der Waals surface area (Å²) in [5, 5.41) is 8.87. The number of nitrogens with two attached hydrogens (primary N) is 1. The monoisotopic (exact) mass is 215 g/mol. The van der Waals surface area contributed by atoms with Crippen LogP contribution in [0.3, 0.4) is 0 Å². The number of aliphatic hydroxyl groups excluding tert-OH is 1. The molecule has 0 saturated heterocycles. The molecule has 1 aromatic rings. The number of benzene rings is 1. The molecule has 0 fully saturated rings. The molecule has 1 aromatic carbocycles. The van der Waals surface area contributed by atoms with Crippen LogP contribution in [0.2, 0.25) is 0 Å². The predicted molar refractivity (Wildman–Crippen MR) is 53.5 cm³/mol. The van der Waals surface area contributed by atoms with Crippen LogP contribution < -0.4 is 15.2 Å². The Hall–Kier alpha value is -1.33. The summed E-state index contributed by atoms with van der Waals surface area (Å²) in [6.07, 6.45) is 0. The molecule has 15 heavy (non-hydrogen) atoms. The molecule has 0 aliphatic heterocycles. The highest BCUT2D eigenvalue weighted by Gasteiger charge is 2.16. The number of ether oxygens (including phenoxy) is 2. The van der Waals surface area contributed by atoms with E-state index in [1.165, 1.54) is 26.4 Å². The Morgan fingerprint density at radius 2 is 2.07 bits per heavy atom. The second-order valence-electron chi connectivity index (χ2n) is 3.02. The number of methoxy groups -OCH3 is 2. The quantitative estimate of drug-likeness (QED) is 0.781. The van der Waals surface area contributed by atoms with E-state index in [4.69, 9.17) is 20.3 Å². The lowest BCUT2D eigenvalue weighted by Crippen LogP contribution is -2.16. The molecule has 0 spiro atoms. The van der Waals surface area contributed by atoms with Gasteiger partial charge in [0.05, 0.1) is 26.9 Å². The third kappa shape index (κ3) is 2.37. The smallest absolute Gasteiger partial charge is 0.170 e. The first kappa shape index (κ1) is 11.7. The first-order valence-corrected chi connectivity index (χ1v) is 4.41. The lowest BCUT2D eigenvalue weighted by Gasteiger charge is -2.14. The topological polar surface area (TPSA) is 64.7 Å². The maximum absolute atomic E-state index is 13.7.